The minimum absolute atomic E-state index is 0.467. The Kier molecular flexibility index (Phi) is 3.24. The van der Waals surface area contributed by atoms with Gasteiger partial charge in [0.2, 0.25) is 0 Å². The first-order chi connectivity index (χ1) is 9.29. The zero-order valence-corrected chi connectivity index (χ0v) is 11.1. The maximum atomic E-state index is 8.87. The number of hydrogen-bond acceptors (Lipinski definition) is 3. The second kappa shape index (κ2) is 5.04. The molecule has 2 heterocycles. The third kappa shape index (κ3) is 2.23. The summed E-state index contributed by atoms with van der Waals surface area (Å²) >= 11 is 6.26. The monoisotopic (exact) mass is 272 g/mol. The summed E-state index contributed by atoms with van der Waals surface area (Å²) < 4.78 is 2.02. The summed E-state index contributed by atoms with van der Waals surface area (Å²) in [7, 11) is 0. The molecule has 19 heavy (non-hydrogen) atoms. The standard InChI is InChI=1S/C14H13ClN4/c15-12-5-10(6-16)1-2-13(12)19-9-18-8-14(19)11-3-4-17-7-11/h1-2,5,8-9,11,17H,3-4,7H2. The Balaban J connectivity index is 2.03. The number of nitrogens with zero attached hydrogens (tertiary/aromatic N) is 3. The molecule has 0 aliphatic carbocycles. The Bertz CT molecular complexity index is 635. The van der Waals surface area contributed by atoms with E-state index in [1.54, 1.807) is 18.5 Å². The third-order valence-electron chi connectivity index (χ3n) is 3.48. The molecule has 1 aliphatic heterocycles. The van der Waals surface area contributed by atoms with Crippen LogP contribution in [0.5, 0.6) is 0 Å². The van der Waals surface area contributed by atoms with Crippen LogP contribution in [0.25, 0.3) is 5.69 Å². The van der Waals surface area contributed by atoms with Crippen LogP contribution >= 0.6 is 11.6 Å². The van der Waals surface area contributed by atoms with E-state index >= 15 is 0 Å². The smallest absolute Gasteiger partial charge is 0.0994 e. The molecule has 0 saturated carbocycles. The molecular weight excluding hydrogens is 260 g/mol. The number of halogens is 1. The molecule has 1 fully saturated rings. The predicted octanol–water partition coefficient (Wildman–Crippen LogP) is 2.47. The summed E-state index contributed by atoms with van der Waals surface area (Å²) in [5.74, 6) is 0.467. The van der Waals surface area contributed by atoms with Gasteiger partial charge in [-0.05, 0) is 31.2 Å². The van der Waals surface area contributed by atoms with Crippen LogP contribution in [0.2, 0.25) is 5.02 Å². The highest BCUT2D eigenvalue weighted by Crippen LogP contribution is 2.28. The lowest BCUT2D eigenvalue weighted by Gasteiger charge is -2.14. The van der Waals surface area contributed by atoms with Gasteiger partial charge < -0.3 is 9.88 Å². The molecule has 1 aromatic carbocycles. The fourth-order valence-electron chi connectivity index (χ4n) is 2.49. The van der Waals surface area contributed by atoms with E-state index in [1.165, 1.54) is 0 Å². The lowest BCUT2D eigenvalue weighted by Crippen LogP contribution is -2.11. The molecule has 0 spiro atoms. The van der Waals surface area contributed by atoms with E-state index in [0.717, 1.165) is 30.9 Å². The highest BCUT2D eigenvalue weighted by molar-refractivity contribution is 6.32. The van der Waals surface area contributed by atoms with Crippen LogP contribution in [0, 0.1) is 11.3 Å². The summed E-state index contributed by atoms with van der Waals surface area (Å²) in [6.07, 6.45) is 4.78. The van der Waals surface area contributed by atoms with Gasteiger partial charge in [0.25, 0.3) is 0 Å². The zero-order valence-electron chi connectivity index (χ0n) is 10.3. The number of hydrogen-bond donors (Lipinski definition) is 1. The number of benzene rings is 1. The Labute approximate surface area is 116 Å². The second-order valence-electron chi connectivity index (χ2n) is 4.66. The Morgan fingerprint density at radius 1 is 1.47 bits per heavy atom. The number of nitrogens with one attached hydrogen (secondary N) is 1. The van der Waals surface area contributed by atoms with E-state index in [9.17, 15) is 0 Å². The fourth-order valence-corrected chi connectivity index (χ4v) is 2.76. The zero-order chi connectivity index (χ0) is 13.2. The highest BCUT2D eigenvalue weighted by Gasteiger charge is 2.21. The molecule has 4 nitrogen and oxygen atoms in total. The number of imidazole rings is 1. The lowest BCUT2D eigenvalue weighted by molar-refractivity contribution is 0.714. The van der Waals surface area contributed by atoms with Gasteiger partial charge in [0.15, 0.2) is 0 Å². The predicted molar refractivity (Wildman–Crippen MR) is 73.5 cm³/mol. The normalized spacial score (nSPS) is 18.4. The fraction of sp³-hybridized carbons (Fsp3) is 0.286. The average Bonchev–Trinajstić information content (AvgIpc) is 3.08. The third-order valence-corrected chi connectivity index (χ3v) is 3.78. The van der Waals surface area contributed by atoms with Gasteiger partial charge in [-0.3, -0.25) is 0 Å². The molecule has 2 aromatic rings. The van der Waals surface area contributed by atoms with Crippen molar-refractivity contribution in [1.82, 2.24) is 14.9 Å². The molecule has 5 heteroatoms. The Morgan fingerprint density at radius 2 is 2.37 bits per heavy atom. The first-order valence-electron chi connectivity index (χ1n) is 6.22. The van der Waals surface area contributed by atoms with E-state index in [0.29, 0.717) is 16.5 Å². The average molecular weight is 273 g/mol. The van der Waals surface area contributed by atoms with E-state index in [1.807, 2.05) is 16.8 Å². The molecule has 1 aromatic heterocycles. The molecule has 96 valence electrons. The van der Waals surface area contributed by atoms with Crippen molar-refractivity contribution in [3.63, 3.8) is 0 Å². The molecule has 1 N–H and O–H groups in total. The van der Waals surface area contributed by atoms with Gasteiger partial charge in [0.05, 0.1) is 28.7 Å². The summed E-state index contributed by atoms with van der Waals surface area (Å²) in [4.78, 5) is 4.24. The van der Waals surface area contributed by atoms with Crippen LogP contribution in [0.3, 0.4) is 0 Å². The summed E-state index contributed by atoms with van der Waals surface area (Å²) in [6.45, 7) is 2.01. The van der Waals surface area contributed by atoms with Crippen LogP contribution in [0.15, 0.2) is 30.7 Å². The molecule has 3 rings (SSSR count). The molecule has 0 bridgehead atoms. The minimum Gasteiger partial charge on any atom is -0.316 e. The Hall–Kier alpha value is -1.83. The van der Waals surface area contributed by atoms with Gasteiger partial charge in [-0.1, -0.05) is 11.6 Å². The minimum atomic E-state index is 0.467. The van der Waals surface area contributed by atoms with Crippen LogP contribution in [0.1, 0.15) is 23.6 Å². The number of aromatic nitrogens is 2. The van der Waals surface area contributed by atoms with Crippen molar-refractivity contribution >= 4 is 11.6 Å². The maximum Gasteiger partial charge on any atom is 0.0994 e. The van der Waals surface area contributed by atoms with Crippen LogP contribution < -0.4 is 5.32 Å². The molecule has 1 unspecified atom stereocenters. The quantitative estimate of drug-likeness (QED) is 0.914. The molecule has 1 aliphatic rings. The van der Waals surface area contributed by atoms with Crippen LogP contribution in [0.4, 0.5) is 0 Å². The number of rotatable bonds is 2. The largest absolute Gasteiger partial charge is 0.316 e. The van der Waals surface area contributed by atoms with Crippen molar-refractivity contribution in [3.8, 4) is 11.8 Å². The van der Waals surface area contributed by atoms with Crippen LogP contribution in [-0.2, 0) is 0 Å². The SMILES string of the molecule is N#Cc1ccc(-n2cncc2C2CCNC2)c(Cl)c1. The first-order valence-corrected chi connectivity index (χ1v) is 6.60. The van der Waals surface area contributed by atoms with Crippen LogP contribution in [-0.4, -0.2) is 22.6 Å². The molecule has 1 saturated heterocycles. The molecular formula is C14H13ClN4. The van der Waals surface area contributed by atoms with Crippen molar-refractivity contribution in [2.45, 2.75) is 12.3 Å². The molecule has 0 amide bonds. The highest BCUT2D eigenvalue weighted by atomic mass is 35.5. The summed E-state index contributed by atoms with van der Waals surface area (Å²) in [6, 6.07) is 7.42. The van der Waals surface area contributed by atoms with E-state index in [-0.39, 0.29) is 0 Å². The van der Waals surface area contributed by atoms with Gasteiger partial charge in [0, 0.05) is 24.4 Å². The van der Waals surface area contributed by atoms with Gasteiger partial charge >= 0.3 is 0 Å². The first kappa shape index (κ1) is 12.2. The van der Waals surface area contributed by atoms with Gasteiger partial charge in [-0.2, -0.15) is 5.26 Å². The van der Waals surface area contributed by atoms with E-state index in [4.69, 9.17) is 16.9 Å². The van der Waals surface area contributed by atoms with E-state index in [2.05, 4.69) is 16.4 Å². The topological polar surface area (TPSA) is 53.6 Å². The van der Waals surface area contributed by atoms with Crippen molar-refractivity contribution < 1.29 is 0 Å². The van der Waals surface area contributed by atoms with Crippen molar-refractivity contribution in [1.29, 1.82) is 5.26 Å². The van der Waals surface area contributed by atoms with Gasteiger partial charge in [0.1, 0.15) is 0 Å². The summed E-state index contributed by atoms with van der Waals surface area (Å²) in [5, 5.41) is 12.8. The van der Waals surface area contributed by atoms with Gasteiger partial charge in [-0.15, -0.1) is 0 Å². The lowest BCUT2D eigenvalue weighted by atomic mass is 10.1. The van der Waals surface area contributed by atoms with Crippen molar-refractivity contribution in [2.24, 2.45) is 0 Å². The maximum absolute atomic E-state index is 8.87. The number of nitriles is 1. The van der Waals surface area contributed by atoms with Gasteiger partial charge in [-0.25, -0.2) is 4.98 Å². The Morgan fingerprint density at radius 3 is 3.05 bits per heavy atom. The van der Waals surface area contributed by atoms with Crippen molar-refractivity contribution in [2.75, 3.05) is 13.1 Å². The molecule has 0 radical (unpaired) electrons. The summed E-state index contributed by atoms with van der Waals surface area (Å²) in [5.41, 5.74) is 2.61. The van der Waals surface area contributed by atoms with E-state index < -0.39 is 0 Å². The van der Waals surface area contributed by atoms with Crippen molar-refractivity contribution in [3.05, 3.63) is 47.0 Å². The second-order valence-corrected chi connectivity index (χ2v) is 5.06. The molecule has 1 atom stereocenters.